The summed E-state index contributed by atoms with van der Waals surface area (Å²) in [6, 6.07) is 23.8. The molecule has 244 valence electrons. The minimum Gasteiger partial charge on any atom is -0.363 e. The zero-order valence-corrected chi connectivity index (χ0v) is 29.6. The van der Waals surface area contributed by atoms with Gasteiger partial charge in [-0.1, -0.05) is 86.1 Å². The molecule has 0 aliphatic heterocycles. The molecular weight excluding hydrogens is 638 g/mol. The van der Waals surface area contributed by atoms with E-state index >= 15 is 0 Å². The molecule has 0 N–H and O–H groups in total. The van der Waals surface area contributed by atoms with Crippen LogP contribution in [0.1, 0.15) is 65.6 Å². The van der Waals surface area contributed by atoms with E-state index in [4.69, 9.17) is 23.2 Å². The Labute approximate surface area is 284 Å². The Morgan fingerprint density at radius 1 is 0.804 bits per heavy atom. The molecule has 8 heteroatoms. The first-order valence-corrected chi connectivity index (χ1v) is 17.7. The van der Waals surface area contributed by atoms with Crippen LogP contribution in [0.5, 0.6) is 0 Å². The Bertz CT molecular complexity index is 1750. The van der Waals surface area contributed by atoms with Gasteiger partial charge >= 0.3 is 0 Å². The van der Waals surface area contributed by atoms with Gasteiger partial charge in [-0.05, 0) is 115 Å². The Morgan fingerprint density at radius 3 is 2.02 bits per heavy atom. The summed E-state index contributed by atoms with van der Waals surface area (Å²) in [5.41, 5.74) is 6.98. The van der Waals surface area contributed by atoms with E-state index in [0.717, 1.165) is 51.9 Å². The highest BCUT2D eigenvalue weighted by Crippen LogP contribution is 2.30. The van der Waals surface area contributed by atoms with Crippen molar-refractivity contribution >= 4 is 38.9 Å². The lowest BCUT2D eigenvalue weighted by molar-refractivity contribution is 0.381. The fourth-order valence-electron chi connectivity index (χ4n) is 5.52. The Balaban J connectivity index is 1.61. The quantitative estimate of drug-likeness (QED) is 0.133. The van der Waals surface area contributed by atoms with Gasteiger partial charge in [0.15, 0.2) is 0 Å². The molecule has 0 saturated heterocycles. The second-order valence-corrected chi connectivity index (χ2v) is 15.3. The van der Waals surface area contributed by atoms with Gasteiger partial charge in [0.05, 0.1) is 4.90 Å². The van der Waals surface area contributed by atoms with Crippen molar-refractivity contribution in [2.45, 2.75) is 72.0 Å². The van der Waals surface area contributed by atoms with Gasteiger partial charge in [-0.25, -0.2) is 12.8 Å². The predicted molar refractivity (Wildman–Crippen MR) is 190 cm³/mol. The largest absolute Gasteiger partial charge is 0.363 e. The van der Waals surface area contributed by atoms with Gasteiger partial charge in [0.2, 0.25) is 10.0 Å². The summed E-state index contributed by atoms with van der Waals surface area (Å²) >= 11 is 12.8. The maximum atomic E-state index is 14.0. The molecule has 4 rings (SSSR count). The number of benzene rings is 4. The number of halogens is 3. The molecule has 0 fully saturated rings. The summed E-state index contributed by atoms with van der Waals surface area (Å²) < 4.78 is 43.3. The molecule has 0 heterocycles. The number of rotatable bonds is 14. The number of hydrogen-bond acceptors (Lipinski definition) is 3. The monoisotopic (exact) mass is 680 g/mol. The normalized spacial score (nSPS) is 11.8. The summed E-state index contributed by atoms with van der Waals surface area (Å²) in [7, 11) is -3.81. The van der Waals surface area contributed by atoms with Crippen molar-refractivity contribution in [3.8, 4) is 0 Å². The van der Waals surface area contributed by atoms with Crippen LogP contribution in [-0.4, -0.2) is 24.2 Å². The third kappa shape index (κ3) is 9.45. The van der Waals surface area contributed by atoms with Crippen LogP contribution in [0.2, 0.25) is 10.0 Å². The summed E-state index contributed by atoms with van der Waals surface area (Å²) in [5.74, 6) is 0.190. The van der Waals surface area contributed by atoms with Gasteiger partial charge in [-0.2, -0.15) is 4.31 Å². The van der Waals surface area contributed by atoms with Crippen molar-refractivity contribution in [2.75, 3.05) is 6.54 Å². The number of hydrogen-bond donors (Lipinski definition) is 0. The maximum Gasteiger partial charge on any atom is 0.243 e. The molecule has 0 radical (unpaired) electrons. The number of sulfonamides is 1. The van der Waals surface area contributed by atoms with Crippen molar-refractivity contribution in [2.24, 2.45) is 5.92 Å². The zero-order chi connectivity index (χ0) is 33.6. The molecule has 4 aromatic rings. The Kier molecular flexibility index (Phi) is 12.1. The molecular formula is C38H43Cl2FN2O2S. The minimum absolute atomic E-state index is 0.235. The molecule has 0 saturated carbocycles. The standard InChI is InChI=1S/C38H43Cl2FN2O2S/c1-26(2)8-7-17-43(46(44,45)38-21-28(4)20-37(40)29(38)5)25-32-9-13-34(14-10-32)30(6)42(23-31-11-15-36(41)16-12-31)24-33-18-27(3)19-35(39)22-33/h9-16,18-22,26H,6-8,17,23-25H2,1-5H3. The Morgan fingerprint density at radius 2 is 1.39 bits per heavy atom. The van der Waals surface area contributed by atoms with Crippen molar-refractivity contribution in [1.82, 2.24) is 9.21 Å². The van der Waals surface area contributed by atoms with Gasteiger partial charge in [0, 0.05) is 41.9 Å². The smallest absolute Gasteiger partial charge is 0.243 e. The molecule has 0 amide bonds. The van der Waals surface area contributed by atoms with Crippen LogP contribution < -0.4 is 0 Å². The molecule has 4 aromatic carbocycles. The van der Waals surface area contributed by atoms with E-state index < -0.39 is 10.0 Å². The van der Waals surface area contributed by atoms with Crippen LogP contribution in [0.25, 0.3) is 5.70 Å². The third-order valence-electron chi connectivity index (χ3n) is 8.04. The molecule has 0 aromatic heterocycles. The lowest BCUT2D eigenvalue weighted by Gasteiger charge is -2.28. The number of nitrogens with zero attached hydrogens (tertiary/aromatic N) is 2. The molecule has 0 aliphatic carbocycles. The molecule has 0 spiro atoms. The molecule has 46 heavy (non-hydrogen) atoms. The van der Waals surface area contributed by atoms with Crippen LogP contribution in [0.15, 0.2) is 90.3 Å². The molecule has 0 atom stereocenters. The Hall–Kier alpha value is -3.16. The zero-order valence-electron chi connectivity index (χ0n) is 27.3. The van der Waals surface area contributed by atoms with Crippen LogP contribution in [0, 0.1) is 32.5 Å². The first-order chi connectivity index (χ1) is 21.7. The van der Waals surface area contributed by atoms with E-state index in [1.807, 2.05) is 50.2 Å². The molecule has 0 aliphatic rings. The lowest BCUT2D eigenvalue weighted by atomic mass is 10.1. The summed E-state index contributed by atoms with van der Waals surface area (Å²) in [6.07, 6.45) is 1.68. The molecule has 0 bridgehead atoms. The lowest BCUT2D eigenvalue weighted by Crippen LogP contribution is -2.32. The van der Waals surface area contributed by atoms with E-state index in [2.05, 4.69) is 31.4 Å². The topological polar surface area (TPSA) is 40.6 Å². The average Bonchev–Trinajstić information content (AvgIpc) is 2.98. The first-order valence-electron chi connectivity index (χ1n) is 15.5. The van der Waals surface area contributed by atoms with Gasteiger partial charge in [0.1, 0.15) is 5.82 Å². The maximum absolute atomic E-state index is 14.0. The average molecular weight is 682 g/mol. The van der Waals surface area contributed by atoms with Gasteiger partial charge in [0.25, 0.3) is 0 Å². The fraction of sp³-hybridized carbons (Fsp3) is 0.316. The van der Waals surface area contributed by atoms with Crippen LogP contribution in [0.4, 0.5) is 4.39 Å². The van der Waals surface area contributed by atoms with Crippen molar-refractivity contribution in [1.29, 1.82) is 0 Å². The number of aryl methyl sites for hydroxylation is 2. The highest BCUT2D eigenvalue weighted by atomic mass is 35.5. The summed E-state index contributed by atoms with van der Waals surface area (Å²) in [4.78, 5) is 2.39. The van der Waals surface area contributed by atoms with E-state index in [0.29, 0.717) is 41.2 Å². The van der Waals surface area contributed by atoms with Gasteiger partial charge < -0.3 is 4.90 Å². The van der Waals surface area contributed by atoms with Crippen LogP contribution in [0.3, 0.4) is 0 Å². The van der Waals surface area contributed by atoms with E-state index in [1.54, 1.807) is 35.5 Å². The second kappa shape index (κ2) is 15.6. The van der Waals surface area contributed by atoms with Crippen molar-refractivity contribution in [3.63, 3.8) is 0 Å². The fourth-order valence-corrected chi connectivity index (χ4v) is 7.96. The molecule has 4 nitrogen and oxygen atoms in total. The van der Waals surface area contributed by atoms with E-state index in [9.17, 15) is 12.8 Å². The highest BCUT2D eigenvalue weighted by Gasteiger charge is 2.27. The van der Waals surface area contributed by atoms with Crippen molar-refractivity contribution < 1.29 is 12.8 Å². The van der Waals surface area contributed by atoms with Gasteiger partial charge in [-0.3, -0.25) is 0 Å². The third-order valence-corrected chi connectivity index (χ3v) is 10.6. The van der Waals surface area contributed by atoms with Crippen LogP contribution in [-0.2, 0) is 29.7 Å². The molecule has 0 unspecified atom stereocenters. The van der Waals surface area contributed by atoms with Gasteiger partial charge in [-0.15, -0.1) is 0 Å². The van der Waals surface area contributed by atoms with Crippen LogP contribution >= 0.6 is 23.2 Å². The van der Waals surface area contributed by atoms with E-state index in [-0.39, 0.29) is 17.3 Å². The van der Waals surface area contributed by atoms with E-state index in [1.165, 1.54) is 12.1 Å². The SMILES string of the molecule is C=C(c1ccc(CN(CCCC(C)C)S(=O)(=O)c2cc(C)cc(Cl)c2C)cc1)N(Cc1ccc(F)cc1)Cc1cc(C)cc(Cl)c1. The highest BCUT2D eigenvalue weighted by molar-refractivity contribution is 7.89. The summed E-state index contributed by atoms with van der Waals surface area (Å²) in [5, 5.41) is 1.12. The predicted octanol–water partition coefficient (Wildman–Crippen LogP) is 10.4. The minimum atomic E-state index is -3.81. The van der Waals surface area contributed by atoms with Crippen molar-refractivity contribution in [3.05, 3.63) is 140 Å². The summed E-state index contributed by atoms with van der Waals surface area (Å²) in [6.45, 7) is 16.0. The first kappa shape index (κ1) is 35.7. The second-order valence-electron chi connectivity index (χ2n) is 12.5.